The Morgan fingerprint density at radius 1 is 1.22 bits per heavy atom. The number of hydrogen-bond donors (Lipinski definition) is 1. The lowest BCUT2D eigenvalue weighted by Crippen LogP contribution is -3.00. The molecule has 1 aromatic heterocycles. The summed E-state index contributed by atoms with van der Waals surface area (Å²) in [4.78, 5) is 11.1. The van der Waals surface area contributed by atoms with Gasteiger partial charge in [-0.3, -0.25) is 4.79 Å². The Labute approximate surface area is 120 Å². The van der Waals surface area contributed by atoms with Crippen molar-refractivity contribution in [2.24, 2.45) is 5.73 Å². The van der Waals surface area contributed by atoms with Crippen molar-refractivity contribution in [1.29, 1.82) is 0 Å². The van der Waals surface area contributed by atoms with E-state index in [1.807, 2.05) is 41.1 Å². The highest BCUT2D eigenvalue weighted by molar-refractivity contribution is 9.10. The summed E-state index contributed by atoms with van der Waals surface area (Å²) in [6, 6.07) is 11.6. The van der Waals surface area contributed by atoms with Crippen LogP contribution >= 0.6 is 15.9 Å². The van der Waals surface area contributed by atoms with Gasteiger partial charge in [0, 0.05) is 16.1 Å². The molecule has 0 aliphatic carbocycles. The van der Waals surface area contributed by atoms with Crippen molar-refractivity contribution >= 4 is 21.8 Å². The Kier molecular flexibility index (Phi) is 5.31. The summed E-state index contributed by atoms with van der Waals surface area (Å²) in [5.41, 5.74) is 6.92. The van der Waals surface area contributed by atoms with Crippen molar-refractivity contribution in [3.8, 4) is 0 Å². The Bertz CT molecular complexity index is 543. The minimum Gasteiger partial charge on any atom is -1.00 e. The summed E-state index contributed by atoms with van der Waals surface area (Å²) in [5.74, 6) is -0.407. The van der Waals surface area contributed by atoms with E-state index < -0.39 is 5.91 Å². The van der Waals surface area contributed by atoms with Gasteiger partial charge in [0.15, 0.2) is 18.9 Å². The second-order valence-electron chi connectivity index (χ2n) is 3.76. The molecule has 0 atom stereocenters. The Balaban J connectivity index is 0.00000162. The second kappa shape index (κ2) is 6.52. The van der Waals surface area contributed by atoms with Crippen LogP contribution in [-0.2, 0) is 6.54 Å². The molecule has 0 unspecified atom stereocenters. The van der Waals surface area contributed by atoms with Gasteiger partial charge >= 0.3 is 0 Å². The number of pyridine rings is 1. The van der Waals surface area contributed by atoms with Gasteiger partial charge in [-0.05, 0) is 18.2 Å². The fraction of sp³-hybridized carbons (Fsp3) is 0.0769. The predicted octanol–water partition coefficient (Wildman–Crippen LogP) is -1.11. The molecule has 5 heteroatoms. The quantitative estimate of drug-likeness (QED) is 0.714. The Morgan fingerprint density at radius 2 is 1.89 bits per heavy atom. The number of aromatic nitrogens is 1. The topological polar surface area (TPSA) is 47.0 Å². The highest BCUT2D eigenvalue weighted by Gasteiger charge is 2.07. The zero-order valence-electron chi connectivity index (χ0n) is 9.51. The van der Waals surface area contributed by atoms with Crippen LogP contribution in [0.25, 0.3) is 0 Å². The van der Waals surface area contributed by atoms with Gasteiger partial charge in [0.2, 0.25) is 0 Å². The number of nitrogens with two attached hydrogens (primary N) is 1. The van der Waals surface area contributed by atoms with E-state index in [-0.39, 0.29) is 12.4 Å². The molecule has 0 radical (unpaired) electrons. The number of primary amides is 1. The van der Waals surface area contributed by atoms with E-state index in [4.69, 9.17) is 5.73 Å². The molecule has 1 aromatic carbocycles. The van der Waals surface area contributed by atoms with E-state index in [0.717, 1.165) is 4.47 Å². The summed E-state index contributed by atoms with van der Waals surface area (Å²) in [6.45, 7) is 0.717. The van der Waals surface area contributed by atoms with Crippen molar-refractivity contribution in [2.75, 3.05) is 0 Å². The average Bonchev–Trinajstić information content (AvgIpc) is 2.32. The third kappa shape index (κ3) is 3.82. The van der Waals surface area contributed by atoms with Gasteiger partial charge in [-0.15, -0.1) is 0 Å². The highest BCUT2D eigenvalue weighted by atomic mass is 79.9. The highest BCUT2D eigenvalue weighted by Crippen LogP contribution is 2.10. The molecule has 2 aromatic rings. The molecule has 0 aliphatic heterocycles. The molecule has 0 saturated heterocycles. The summed E-state index contributed by atoms with van der Waals surface area (Å²) < 4.78 is 2.99. The second-order valence-corrected chi connectivity index (χ2v) is 4.67. The maximum atomic E-state index is 11.1. The first-order chi connectivity index (χ1) is 8.15. The van der Waals surface area contributed by atoms with Gasteiger partial charge in [-0.2, -0.15) is 4.57 Å². The smallest absolute Gasteiger partial charge is 0.254 e. The standard InChI is InChI=1S/C13H11BrN2O.ClH/c14-12-5-3-10(4-6-12)8-16-7-1-2-11(9-16)13(15)17;/h1-7,9H,8H2,(H-,15,17);1H. The van der Waals surface area contributed by atoms with E-state index in [2.05, 4.69) is 15.9 Å². The maximum Gasteiger partial charge on any atom is 0.254 e. The van der Waals surface area contributed by atoms with E-state index in [0.29, 0.717) is 12.1 Å². The third-order valence-electron chi connectivity index (χ3n) is 2.42. The van der Waals surface area contributed by atoms with Gasteiger partial charge in [0.1, 0.15) is 5.56 Å². The van der Waals surface area contributed by atoms with Crippen LogP contribution in [0.4, 0.5) is 0 Å². The summed E-state index contributed by atoms with van der Waals surface area (Å²) in [5, 5.41) is 0. The number of amides is 1. The summed E-state index contributed by atoms with van der Waals surface area (Å²) in [7, 11) is 0. The lowest BCUT2D eigenvalue weighted by molar-refractivity contribution is -0.688. The van der Waals surface area contributed by atoms with Crippen LogP contribution in [0.5, 0.6) is 0 Å². The Morgan fingerprint density at radius 3 is 2.50 bits per heavy atom. The minimum atomic E-state index is -0.407. The van der Waals surface area contributed by atoms with Crippen molar-refractivity contribution in [3.63, 3.8) is 0 Å². The van der Waals surface area contributed by atoms with Crippen LogP contribution in [-0.4, -0.2) is 5.91 Å². The largest absolute Gasteiger partial charge is 1.00 e. The van der Waals surface area contributed by atoms with Gasteiger partial charge < -0.3 is 18.1 Å². The zero-order chi connectivity index (χ0) is 12.3. The number of halogens is 2. The van der Waals surface area contributed by atoms with Gasteiger partial charge in [0.25, 0.3) is 5.91 Å². The number of rotatable bonds is 3. The minimum absolute atomic E-state index is 0. The van der Waals surface area contributed by atoms with Crippen molar-refractivity contribution in [3.05, 3.63) is 64.4 Å². The molecule has 0 spiro atoms. The molecule has 3 nitrogen and oxygen atoms in total. The fourth-order valence-corrected chi connectivity index (χ4v) is 1.83. The van der Waals surface area contributed by atoms with E-state index in [9.17, 15) is 4.79 Å². The lowest BCUT2D eigenvalue weighted by Gasteiger charge is -1.99. The molecule has 18 heavy (non-hydrogen) atoms. The number of nitrogens with zero attached hydrogens (tertiary/aromatic N) is 1. The molecular weight excluding hydrogens is 316 g/mol. The first kappa shape index (κ1) is 14.7. The lowest BCUT2D eigenvalue weighted by atomic mass is 10.2. The fourth-order valence-electron chi connectivity index (χ4n) is 1.57. The molecule has 2 rings (SSSR count). The normalized spacial score (nSPS) is 9.61. The zero-order valence-corrected chi connectivity index (χ0v) is 11.9. The van der Waals surface area contributed by atoms with Crippen molar-refractivity contribution < 1.29 is 21.8 Å². The summed E-state index contributed by atoms with van der Waals surface area (Å²) in [6.07, 6.45) is 3.67. The van der Waals surface area contributed by atoms with Crippen LogP contribution in [0.2, 0.25) is 0 Å². The first-order valence-electron chi connectivity index (χ1n) is 5.18. The number of carbonyl (C=O) groups is 1. The molecule has 0 aliphatic rings. The predicted molar refractivity (Wildman–Crippen MR) is 68.4 cm³/mol. The molecule has 1 amide bonds. The number of hydrogen-bond acceptors (Lipinski definition) is 1. The summed E-state index contributed by atoms with van der Waals surface area (Å²) >= 11 is 3.39. The van der Waals surface area contributed by atoms with Crippen LogP contribution in [0, 0.1) is 0 Å². The van der Waals surface area contributed by atoms with Crippen molar-refractivity contribution in [2.45, 2.75) is 6.54 Å². The molecule has 0 fully saturated rings. The van der Waals surface area contributed by atoms with Crippen LogP contribution in [0.3, 0.4) is 0 Å². The number of carbonyl (C=O) groups excluding carboxylic acids is 1. The molecule has 1 heterocycles. The first-order valence-corrected chi connectivity index (χ1v) is 5.98. The molecule has 2 N–H and O–H groups in total. The monoisotopic (exact) mass is 326 g/mol. The SMILES string of the molecule is NC(=O)c1ccc[n+](Cc2ccc(Br)cc2)c1.[Cl-]. The molecule has 0 saturated carbocycles. The van der Waals surface area contributed by atoms with Crippen LogP contribution < -0.4 is 22.7 Å². The number of benzene rings is 1. The molecule has 94 valence electrons. The van der Waals surface area contributed by atoms with E-state index in [1.54, 1.807) is 12.3 Å². The van der Waals surface area contributed by atoms with Crippen molar-refractivity contribution in [1.82, 2.24) is 0 Å². The van der Waals surface area contributed by atoms with Gasteiger partial charge in [-0.25, -0.2) is 0 Å². The van der Waals surface area contributed by atoms with Gasteiger partial charge in [-0.1, -0.05) is 28.1 Å². The molecular formula is C13H12BrClN2O. The van der Waals surface area contributed by atoms with Crippen LogP contribution in [0.1, 0.15) is 15.9 Å². The average molecular weight is 328 g/mol. The maximum absolute atomic E-state index is 11.1. The molecule has 0 bridgehead atoms. The third-order valence-corrected chi connectivity index (χ3v) is 2.95. The van der Waals surface area contributed by atoms with Gasteiger partial charge in [0.05, 0.1) is 0 Å². The van der Waals surface area contributed by atoms with E-state index in [1.165, 1.54) is 5.56 Å². The Hall–Kier alpha value is -1.39. The van der Waals surface area contributed by atoms with Crippen LogP contribution in [0.15, 0.2) is 53.3 Å². The van der Waals surface area contributed by atoms with E-state index >= 15 is 0 Å².